The van der Waals surface area contributed by atoms with Crippen molar-refractivity contribution in [2.24, 2.45) is 0 Å². The van der Waals surface area contributed by atoms with E-state index in [4.69, 9.17) is 0 Å². The predicted octanol–water partition coefficient (Wildman–Crippen LogP) is 5.76. The molecular weight excluding hydrogens is 240 g/mol. The van der Waals surface area contributed by atoms with Crippen molar-refractivity contribution >= 4 is 32.3 Å². The van der Waals surface area contributed by atoms with Crippen molar-refractivity contribution < 1.29 is 0 Å². The third-order valence-corrected chi connectivity index (χ3v) is 4.47. The predicted molar refractivity (Wildman–Crippen MR) is 88.4 cm³/mol. The summed E-state index contributed by atoms with van der Waals surface area (Å²) >= 11 is 0. The molecule has 0 bridgehead atoms. The van der Waals surface area contributed by atoms with Gasteiger partial charge in [-0.15, -0.1) is 0 Å². The van der Waals surface area contributed by atoms with Gasteiger partial charge in [0.2, 0.25) is 0 Å². The monoisotopic (exact) mass is 256 g/mol. The van der Waals surface area contributed by atoms with Gasteiger partial charge in [0.05, 0.1) is 0 Å². The highest BCUT2D eigenvalue weighted by Gasteiger charge is 2.09. The molecule has 0 atom stereocenters. The molecule has 0 saturated carbocycles. The number of benzene rings is 4. The Labute approximate surface area is 118 Å². The largest absolute Gasteiger partial charge is 0.0616 e. The van der Waals surface area contributed by atoms with E-state index in [9.17, 15) is 0 Å². The summed E-state index contributed by atoms with van der Waals surface area (Å²) in [7, 11) is 0. The molecule has 0 aromatic heterocycles. The first-order chi connectivity index (χ1) is 9.75. The number of rotatable bonds is 0. The number of hydrogen-bond acceptors (Lipinski definition) is 0. The fourth-order valence-electron chi connectivity index (χ4n) is 3.22. The molecule has 4 aromatic carbocycles. The maximum Gasteiger partial charge on any atom is -0.00962 e. The molecule has 0 aliphatic rings. The molecule has 0 nitrogen and oxygen atoms in total. The van der Waals surface area contributed by atoms with Gasteiger partial charge in [-0.25, -0.2) is 0 Å². The summed E-state index contributed by atoms with van der Waals surface area (Å²) in [6.45, 7) is 4.46. The first kappa shape index (κ1) is 11.5. The van der Waals surface area contributed by atoms with Crippen LogP contribution in [-0.2, 0) is 0 Å². The third-order valence-electron chi connectivity index (χ3n) is 4.47. The summed E-state index contributed by atoms with van der Waals surface area (Å²) in [4.78, 5) is 0. The molecule has 0 heteroatoms. The second-order valence-corrected chi connectivity index (χ2v) is 5.54. The first-order valence-electron chi connectivity index (χ1n) is 7.06. The van der Waals surface area contributed by atoms with E-state index in [0.29, 0.717) is 0 Å². The zero-order chi connectivity index (χ0) is 13.7. The van der Waals surface area contributed by atoms with Crippen molar-refractivity contribution in [1.29, 1.82) is 0 Å². The Morgan fingerprint density at radius 3 is 1.70 bits per heavy atom. The molecule has 96 valence electrons. The van der Waals surface area contributed by atoms with E-state index in [1.165, 1.54) is 43.4 Å². The number of hydrogen-bond donors (Lipinski definition) is 0. The van der Waals surface area contributed by atoms with Crippen LogP contribution in [0, 0.1) is 13.8 Å². The normalized spacial score (nSPS) is 11.5. The Morgan fingerprint density at radius 1 is 0.500 bits per heavy atom. The Kier molecular flexibility index (Phi) is 2.34. The van der Waals surface area contributed by atoms with Crippen LogP contribution < -0.4 is 0 Å². The van der Waals surface area contributed by atoms with Gasteiger partial charge in [-0.05, 0) is 69.4 Å². The van der Waals surface area contributed by atoms with E-state index in [1.54, 1.807) is 0 Å². The first-order valence-corrected chi connectivity index (χ1v) is 7.06. The van der Waals surface area contributed by atoms with E-state index in [0.717, 1.165) is 0 Å². The minimum absolute atomic E-state index is 1.31. The minimum atomic E-state index is 1.31. The van der Waals surface area contributed by atoms with Gasteiger partial charge in [-0.3, -0.25) is 0 Å². The third kappa shape index (κ3) is 1.48. The van der Waals surface area contributed by atoms with Gasteiger partial charge in [0, 0.05) is 0 Å². The second kappa shape index (κ2) is 4.08. The van der Waals surface area contributed by atoms with E-state index in [1.807, 2.05) is 0 Å². The summed E-state index contributed by atoms with van der Waals surface area (Å²) in [6.07, 6.45) is 0. The lowest BCUT2D eigenvalue weighted by atomic mass is 9.91. The summed E-state index contributed by atoms with van der Waals surface area (Å²) in [5.74, 6) is 0. The van der Waals surface area contributed by atoms with Crippen LogP contribution in [0.15, 0.2) is 60.7 Å². The SMILES string of the molecule is Cc1c(C)c2cc3ccccc3cc2c2ccccc12. The van der Waals surface area contributed by atoms with Crippen LogP contribution in [0.4, 0.5) is 0 Å². The lowest BCUT2D eigenvalue weighted by Gasteiger charge is -2.13. The molecule has 0 aliphatic heterocycles. The van der Waals surface area contributed by atoms with Crippen LogP contribution >= 0.6 is 0 Å². The highest BCUT2D eigenvalue weighted by Crippen LogP contribution is 2.34. The summed E-state index contributed by atoms with van der Waals surface area (Å²) in [6, 6.07) is 22.0. The Hall–Kier alpha value is -2.34. The van der Waals surface area contributed by atoms with Crippen LogP contribution in [-0.4, -0.2) is 0 Å². The fraction of sp³-hybridized carbons (Fsp3) is 0.100. The highest BCUT2D eigenvalue weighted by atomic mass is 14.1. The van der Waals surface area contributed by atoms with Gasteiger partial charge >= 0.3 is 0 Å². The fourth-order valence-corrected chi connectivity index (χ4v) is 3.22. The van der Waals surface area contributed by atoms with Crippen molar-refractivity contribution in [3.8, 4) is 0 Å². The van der Waals surface area contributed by atoms with E-state index < -0.39 is 0 Å². The highest BCUT2D eigenvalue weighted by molar-refractivity contribution is 6.14. The van der Waals surface area contributed by atoms with E-state index >= 15 is 0 Å². The molecule has 0 radical (unpaired) electrons. The number of fused-ring (bicyclic) bond motifs is 4. The minimum Gasteiger partial charge on any atom is -0.0616 e. The van der Waals surface area contributed by atoms with Crippen molar-refractivity contribution in [2.45, 2.75) is 13.8 Å². The lowest BCUT2D eigenvalue weighted by Crippen LogP contribution is -1.88. The Morgan fingerprint density at radius 2 is 1.00 bits per heavy atom. The van der Waals surface area contributed by atoms with Crippen LogP contribution in [0.5, 0.6) is 0 Å². The summed E-state index contributed by atoms with van der Waals surface area (Å²) in [5.41, 5.74) is 2.79. The Balaban J connectivity index is 2.33. The maximum atomic E-state index is 2.33. The van der Waals surface area contributed by atoms with E-state index in [-0.39, 0.29) is 0 Å². The molecular formula is C20H16. The average molecular weight is 256 g/mol. The van der Waals surface area contributed by atoms with E-state index in [2.05, 4.69) is 74.5 Å². The van der Waals surface area contributed by atoms with Gasteiger partial charge in [0.25, 0.3) is 0 Å². The lowest BCUT2D eigenvalue weighted by molar-refractivity contribution is 1.42. The molecule has 0 spiro atoms. The topological polar surface area (TPSA) is 0 Å². The van der Waals surface area contributed by atoms with Crippen molar-refractivity contribution in [3.05, 3.63) is 71.8 Å². The summed E-state index contributed by atoms with van der Waals surface area (Å²) in [5, 5.41) is 8.10. The zero-order valence-corrected chi connectivity index (χ0v) is 11.8. The average Bonchev–Trinajstić information content (AvgIpc) is 2.51. The number of aryl methyl sites for hydroxylation is 2. The molecule has 0 amide bonds. The van der Waals surface area contributed by atoms with Crippen molar-refractivity contribution in [3.63, 3.8) is 0 Å². The molecule has 0 heterocycles. The molecule has 0 N–H and O–H groups in total. The molecule has 4 aromatic rings. The van der Waals surface area contributed by atoms with Crippen LogP contribution in [0.1, 0.15) is 11.1 Å². The molecule has 4 rings (SSSR count). The van der Waals surface area contributed by atoms with Crippen LogP contribution in [0.3, 0.4) is 0 Å². The second-order valence-electron chi connectivity index (χ2n) is 5.54. The Bertz CT molecular complexity index is 962. The van der Waals surface area contributed by atoms with Gasteiger partial charge in [0.15, 0.2) is 0 Å². The smallest absolute Gasteiger partial charge is 0.00962 e. The maximum absolute atomic E-state index is 2.33. The standard InChI is InChI=1S/C20H16/c1-13-14(2)19-11-15-7-3-4-8-16(15)12-20(19)18-10-6-5-9-17(13)18/h3-12H,1-2H3. The summed E-state index contributed by atoms with van der Waals surface area (Å²) < 4.78 is 0. The zero-order valence-electron chi connectivity index (χ0n) is 11.8. The van der Waals surface area contributed by atoms with Crippen molar-refractivity contribution in [1.82, 2.24) is 0 Å². The van der Waals surface area contributed by atoms with Crippen LogP contribution in [0.2, 0.25) is 0 Å². The van der Waals surface area contributed by atoms with Gasteiger partial charge in [-0.2, -0.15) is 0 Å². The molecule has 20 heavy (non-hydrogen) atoms. The quantitative estimate of drug-likeness (QED) is 0.277. The molecule has 0 unspecified atom stereocenters. The van der Waals surface area contributed by atoms with Crippen LogP contribution in [0.25, 0.3) is 32.3 Å². The van der Waals surface area contributed by atoms with Crippen molar-refractivity contribution in [2.75, 3.05) is 0 Å². The van der Waals surface area contributed by atoms with Gasteiger partial charge in [0.1, 0.15) is 0 Å². The van der Waals surface area contributed by atoms with Gasteiger partial charge < -0.3 is 0 Å². The molecule has 0 saturated heterocycles. The molecule has 0 fully saturated rings. The molecule has 0 aliphatic carbocycles. The van der Waals surface area contributed by atoms with Gasteiger partial charge in [-0.1, -0.05) is 48.5 Å².